The van der Waals surface area contributed by atoms with Crippen LogP contribution in [0, 0.1) is 13.8 Å². The number of carbonyl (C=O) groups excluding carboxylic acids is 2. The molecule has 2 N–H and O–H groups in total. The molecule has 0 atom stereocenters. The number of nitrogens with zero attached hydrogens (tertiary/aromatic N) is 3. The lowest BCUT2D eigenvalue weighted by Crippen LogP contribution is -2.22. The Morgan fingerprint density at radius 3 is 2.53 bits per heavy atom. The van der Waals surface area contributed by atoms with E-state index in [9.17, 15) is 9.59 Å². The number of halogens is 1. The number of nitrogens with one attached hydrogen (secondary N) is 2. The van der Waals surface area contributed by atoms with Gasteiger partial charge in [-0.05, 0) is 42.7 Å². The molecule has 0 unspecified atom stereocenters. The molecule has 1 heterocycles. The van der Waals surface area contributed by atoms with Gasteiger partial charge in [0.2, 0.25) is 11.8 Å². The Labute approximate surface area is 196 Å². The second kappa shape index (κ2) is 11.0. The summed E-state index contributed by atoms with van der Waals surface area (Å²) in [5, 5.41) is 15.1. The number of amides is 2. The first-order valence-corrected chi connectivity index (χ1v) is 11.3. The summed E-state index contributed by atoms with van der Waals surface area (Å²) in [6, 6.07) is 13.2. The smallest absolute Gasteiger partial charge is 0.244 e. The molecule has 0 aliphatic rings. The number of thioether (sulfide) groups is 1. The highest BCUT2D eigenvalue weighted by Gasteiger charge is 2.13. The molecular weight excluding hydrogens is 446 g/mol. The van der Waals surface area contributed by atoms with Crippen LogP contribution in [0.5, 0.6) is 0 Å². The first-order chi connectivity index (χ1) is 15.3. The van der Waals surface area contributed by atoms with Crippen molar-refractivity contribution in [2.45, 2.75) is 25.5 Å². The number of benzene rings is 2. The van der Waals surface area contributed by atoms with Crippen LogP contribution >= 0.6 is 23.4 Å². The summed E-state index contributed by atoms with van der Waals surface area (Å²) in [4.78, 5) is 24.5. The summed E-state index contributed by atoms with van der Waals surface area (Å²) in [7, 11) is 1.80. The number of hydrogen-bond donors (Lipinski definition) is 2. The molecule has 32 heavy (non-hydrogen) atoms. The number of anilines is 1. The summed E-state index contributed by atoms with van der Waals surface area (Å²) in [5.74, 6) is 0.402. The number of aryl methyl sites for hydroxylation is 2. The van der Waals surface area contributed by atoms with Gasteiger partial charge in [0.05, 0.1) is 12.3 Å². The van der Waals surface area contributed by atoms with Gasteiger partial charge in [-0.25, -0.2) is 0 Å². The third kappa shape index (κ3) is 6.21. The lowest BCUT2D eigenvalue weighted by Gasteiger charge is -2.11. The number of hydrogen-bond acceptors (Lipinski definition) is 5. The third-order valence-electron chi connectivity index (χ3n) is 4.74. The van der Waals surface area contributed by atoms with E-state index >= 15 is 0 Å². The lowest BCUT2D eigenvalue weighted by molar-refractivity contribution is -0.116. The van der Waals surface area contributed by atoms with E-state index in [1.165, 1.54) is 17.8 Å². The van der Waals surface area contributed by atoms with Gasteiger partial charge in [-0.3, -0.25) is 9.59 Å². The Kier molecular flexibility index (Phi) is 8.08. The highest BCUT2D eigenvalue weighted by molar-refractivity contribution is 7.99. The first-order valence-electron chi connectivity index (χ1n) is 9.92. The molecule has 1 aromatic heterocycles. The number of carbonyl (C=O) groups is 2. The van der Waals surface area contributed by atoms with Crippen LogP contribution in [0.15, 0.2) is 53.7 Å². The molecule has 0 saturated heterocycles. The van der Waals surface area contributed by atoms with E-state index in [0.717, 1.165) is 22.4 Å². The van der Waals surface area contributed by atoms with Gasteiger partial charge in [0.1, 0.15) is 0 Å². The summed E-state index contributed by atoms with van der Waals surface area (Å²) < 4.78 is 1.76. The minimum Gasteiger partial charge on any atom is -0.345 e. The van der Waals surface area contributed by atoms with Gasteiger partial charge in [0, 0.05) is 23.8 Å². The molecule has 0 spiro atoms. The quantitative estimate of drug-likeness (QED) is 0.382. The van der Waals surface area contributed by atoms with Crippen molar-refractivity contribution in [3.05, 3.63) is 76.1 Å². The van der Waals surface area contributed by atoms with Crippen molar-refractivity contribution in [3.8, 4) is 0 Å². The fourth-order valence-corrected chi connectivity index (χ4v) is 3.87. The van der Waals surface area contributed by atoms with Crippen LogP contribution in [0.25, 0.3) is 6.08 Å². The van der Waals surface area contributed by atoms with Gasteiger partial charge >= 0.3 is 0 Å². The van der Waals surface area contributed by atoms with E-state index < -0.39 is 0 Å². The second-order valence-corrected chi connectivity index (χ2v) is 8.48. The lowest BCUT2D eigenvalue weighted by atomic mass is 10.1. The van der Waals surface area contributed by atoms with Gasteiger partial charge in [-0.15, -0.1) is 10.2 Å². The van der Waals surface area contributed by atoms with Crippen molar-refractivity contribution in [1.82, 2.24) is 20.1 Å². The Balaban J connectivity index is 1.51. The maximum atomic E-state index is 12.4. The number of aromatic nitrogens is 3. The summed E-state index contributed by atoms with van der Waals surface area (Å²) in [6.45, 7) is 4.13. The molecule has 0 fully saturated rings. The SMILES string of the molecule is Cc1cccc(C)c1NC(=O)CSc1nnc(CNC(=O)/C=C/c2ccccc2Cl)n1C. The normalized spacial score (nSPS) is 11.0. The van der Waals surface area contributed by atoms with Gasteiger partial charge < -0.3 is 15.2 Å². The zero-order chi connectivity index (χ0) is 23.1. The molecule has 0 aliphatic carbocycles. The zero-order valence-electron chi connectivity index (χ0n) is 18.1. The van der Waals surface area contributed by atoms with Gasteiger partial charge in [0.25, 0.3) is 0 Å². The van der Waals surface area contributed by atoms with Crippen LogP contribution in [0.2, 0.25) is 5.02 Å². The van der Waals surface area contributed by atoms with Crippen molar-refractivity contribution in [1.29, 1.82) is 0 Å². The minimum atomic E-state index is -0.268. The van der Waals surface area contributed by atoms with Crippen molar-refractivity contribution in [2.75, 3.05) is 11.1 Å². The van der Waals surface area contributed by atoms with Crippen molar-refractivity contribution >= 4 is 46.9 Å². The Bertz CT molecular complexity index is 1140. The Morgan fingerprint density at radius 2 is 1.81 bits per heavy atom. The highest BCUT2D eigenvalue weighted by atomic mass is 35.5. The standard InChI is InChI=1S/C23H24ClN5O2S/c1-15-7-6-8-16(2)22(15)26-21(31)14-32-23-28-27-19(29(23)3)13-25-20(30)12-11-17-9-4-5-10-18(17)24/h4-12H,13-14H2,1-3H3,(H,25,30)(H,26,31)/b12-11+. The molecule has 3 aromatic rings. The second-order valence-electron chi connectivity index (χ2n) is 7.13. The molecule has 7 nitrogen and oxygen atoms in total. The van der Waals surface area contributed by atoms with Gasteiger partial charge in [0.15, 0.2) is 11.0 Å². The van der Waals surface area contributed by atoms with Crippen molar-refractivity contribution in [2.24, 2.45) is 7.05 Å². The van der Waals surface area contributed by atoms with Gasteiger partial charge in [-0.1, -0.05) is 59.8 Å². The maximum absolute atomic E-state index is 12.4. The van der Waals surface area contributed by atoms with Crippen LogP contribution < -0.4 is 10.6 Å². The molecule has 166 valence electrons. The Hall–Kier alpha value is -3.10. The molecule has 9 heteroatoms. The summed E-state index contributed by atoms with van der Waals surface area (Å²) >= 11 is 7.37. The minimum absolute atomic E-state index is 0.116. The molecule has 0 bridgehead atoms. The van der Waals surface area contributed by atoms with E-state index in [0.29, 0.717) is 16.0 Å². The topological polar surface area (TPSA) is 88.9 Å². The molecular formula is C23H24ClN5O2S. The highest BCUT2D eigenvalue weighted by Crippen LogP contribution is 2.21. The Morgan fingerprint density at radius 1 is 1.09 bits per heavy atom. The molecule has 2 amide bonds. The average Bonchev–Trinajstić information content (AvgIpc) is 3.12. The van der Waals surface area contributed by atoms with Crippen molar-refractivity contribution < 1.29 is 9.59 Å². The average molecular weight is 470 g/mol. The number of rotatable bonds is 8. The predicted octanol–water partition coefficient (Wildman–Crippen LogP) is 4.15. The van der Waals surface area contributed by atoms with Crippen LogP contribution in [-0.4, -0.2) is 32.3 Å². The van der Waals surface area contributed by atoms with E-state index in [2.05, 4.69) is 20.8 Å². The summed E-state index contributed by atoms with van der Waals surface area (Å²) in [6.07, 6.45) is 3.08. The van der Waals surface area contributed by atoms with Crippen LogP contribution in [0.3, 0.4) is 0 Å². The predicted molar refractivity (Wildman–Crippen MR) is 129 cm³/mol. The van der Waals surface area contributed by atoms with E-state index in [4.69, 9.17) is 11.6 Å². The fraction of sp³-hybridized carbons (Fsp3) is 0.217. The van der Waals surface area contributed by atoms with E-state index in [1.54, 1.807) is 23.8 Å². The molecule has 0 saturated carbocycles. The number of para-hydroxylation sites is 1. The first kappa shape index (κ1) is 23.6. The van der Waals surface area contributed by atoms with Crippen molar-refractivity contribution in [3.63, 3.8) is 0 Å². The zero-order valence-corrected chi connectivity index (χ0v) is 19.6. The van der Waals surface area contributed by atoms with E-state index in [1.807, 2.05) is 50.2 Å². The van der Waals surface area contributed by atoms with Crippen LogP contribution in [0.1, 0.15) is 22.5 Å². The van der Waals surface area contributed by atoms with Gasteiger partial charge in [-0.2, -0.15) is 0 Å². The maximum Gasteiger partial charge on any atom is 0.244 e. The molecule has 2 aromatic carbocycles. The third-order valence-corrected chi connectivity index (χ3v) is 6.11. The monoisotopic (exact) mass is 469 g/mol. The van der Waals surface area contributed by atoms with Crippen LogP contribution in [0.4, 0.5) is 5.69 Å². The molecule has 0 radical (unpaired) electrons. The van der Waals surface area contributed by atoms with E-state index in [-0.39, 0.29) is 24.1 Å². The molecule has 3 rings (SSSR count). The molecule has 0 aliphatic heterocycles. The largest absolute Gasteiger partial charge is 0.345 e. The fourth-order valence-electron chi connectivity index (χ4n) is 2.94. The summed E-state index contributed by atoms with van der Waals surface area (Å²) in [5.41, 5.74) is 3.64. The van der Waals surface area contributed by atoms with Crippen LogP contribution in [-0.2, 0) is 23.2 Å².